The first kappa shape index (κ1) is 13.0. The molecule has 0 fully saturated rings. The minimum atomic E-state index is -0.835. The highest BCUT2D eigenvalue weighted by Crippen LogP contribution is 2.29. The lowest BCUT2D eigenvalue weighted by Gasteiger charge is -2.18. The fourth-order valence-electron chi connectivity index (χ4n) is 1.63. The number of hydrogen-bond donors (Lipinski definition) is 2. The minimum Gasteiger partial charge on any atom is -0.271 e. The van der Waals surface area contributed by atoms with Crippen LogP contribution in [-0.2, 0) is 0 Å². The van der Waals surface area contributed by atoms with E-state index in [-0.39, 0.29) is 10.0 Å². The van der Waals surface area contributed by atoms with E-state index in [2.05, 4.69) is 31.6 Å². The van der Waals surface area contributed by atoms with E-state index in [0.29, 0.717) is 5.56 Å². The molecule has 94 valence electrons. The van der Waals surface area contributed by atoms with Crippen LogP contribution in [0.15, 0.2) is 35.1 Å². The molecule has 7 heteroatoms. The van der Waals surface area contributed by atoms with E-state index in [0.717, 1.165) is 0 Å². The summed E-state index contributed by atoms with van der Waals surface area (Å²) in [5.41, 5.74) is 2.73. The molecule has 0 bridgehead atoms. The normalized spacial score (nSPS) is 12.4. The fourth-order valence-corrected chi connectivity index (χ4v) is 1.97. The third kappa shape index (κ3) is 2.38. The van der Waals surface area contributed by atoms with Crippen LogP contribution < -0.4 is 11.3 Å². The highest BCUT2D eigenvalue weighted by molar-refractivity contribution is 9.10. The number of hydrogen-bond acceptors (Lipinski definition) is 4. The van der Waals surface area contributed by atoms with Crippen LogP contribution in [0.4, 0.5) is 8.78 Å². The molecule has 1 aromatic carbocycles. The molecule has 2 rings (SSSR count). The van der Waals surface area contributed by atoms with Crippen LogP contribution in [0, 0.1) is 11.6 Å². The Morgan fingerprint density at radius 1 is 1.22 bits per heavy atom. The molecule has 1 unspecified atom stereocenters. The summed E-state index contributed by atoms with van der Waals surface area (Å²) >= 11 is 3.01. The first-order valence-corrected chi connectivity index (χ1v) is 5.80. The van der Waals surface area contributed by atoms with Gasteiger partial charge < -0.3 is 0 Å². The van der Waals surface area contributed by atoms with E-state index < -0.39 is 17.7 Å². The largest absolute Gasteiger partial charge is 0.271 e. The monoisotopic (exact) mass is 314 g/mol. The lowest BCUT2D eigenvalue weighted by Crippen LogP contribution is -2.30. The van der Waals surface area contributed by atoms with Crippen molar-refractivity contribution in [3.63, 3.8) is 0 Å². The van der Waals surface area contributed by atoms with E-state index in [1.165, 1.54) is 24.5 Å². The van der Waals surface area contributed by atoms with Gasteiger partial charge in [-0.2, -0.15) is 10.2 Å². The van der Waals surface area contributed by atoms with Crippen molar-refractivity contribution in [1.29, 1.82) is 0 Å². The topological polar surface area (TPSA) is 63.8 Å². The minimum absolute atomic E-state index is 0.167. The Balaban J connectivity index is 2.56. The highest BCUT2D eigenvalue weighted by atomic mass is 79.9. The quantitative estimate of drug-likeness (QED) is 0.517. The Hall–Kier alpha value is -1.44. The molecule has 0 spiro atoms. The zero-order valence-corrected chi connectivity index (χ0v) is 10.7. The Bertz CT molecular complexity index is 550. The molecule has 1 atom stereocenters. The third-order valence-corrected chi connectivity index (χ3v) is 3.09. The van der Waals surface area contributed by atoms with E-state index in [4.69, 9.17) is 5.84 Å². The van der Waals surface area contributed by atoms with Crippen LogP contribution in [0.3, 0.4) is 0 Å². The average Bonchev–Trinajstić information content (AvgIpc) is 2.40. The number of aromatic nitrogens is 2. The predicted molar refractivity (Wildman–Crippen MR) is 65.3 cm³/mol. The first-order chi connectivity index (χ1) is 8.65. The summed E-state index contributed by atoms with van der Waals surface area (Å²) in [6.45, 7) is 0. The van der Waals surface area contributed by atoms with Crippen LogP contribution in [0.5, 0.6) is 0 Å². The van der Waals surface area contributed by atoms with Crippen molar-refractivity contribution in [3.05, 3.63) is 57.8 Å². The standard InChI is InChI=1S/C11H9BrF2N4/c12-7-1-2-8(13)9(10(7)14)11(18-15)6-3-4-16-17-5-6/h1-5,11,18H,15H2. The maximum Gasteiger partial charge on any atom is 0.145 e. The summed E-state index contributed by atoms with van der Waals surface area (Å²) in [4.78, 5) is 0. The maximum atomic E-state index is 14.0. The predicted octanol–water partition coefficient (Wildman–Crippen LogP) is 2.07. The number of benzene rings is 1. The average molecular weight is 315 g/mol. The number of nitrogens with two attached hydrogens (primary N) is 1. The molecule has 4 nitrogen and oxygen atoms in total. The summed E-state index contributed by atoms with van der Waals surface area (Å²) in [6.07, 6.45) is 2.82. The van der Waals surface area contributed by atoms with Crippen LogP contribution >= 0.6 is 15.9 Å². The Morgan fingerprint density at radius 2 is 2.00 bits per heavy atom. The van der Waals surface area contributed by atoms with Gasteiger partial charge >= 0.3 is 0 Å². The molecule has 0 aliphatic heterocycles. The van der Waals surface area contributed by atoms with Gasteiger partial charge in [0.25, 0.3) is 0 Å². The molecule has 18 heavy (non-hydrogen) atoms. The van der Waals surface area contributed by atoms with Gasteiger partial charge in [0.15, 0.2) is 0 Å². The summed E-state index contributed by atoms with van der Waals surface area (Å²) in [5.74, 6) is 3.99. The lowest BCUT2D eigenvalue weighted by atomic mass is 10.00. The van der Waals surface area contributed by atoms with Crippen molar-refractivity contribution < 1.29 is 8.78 Å². The Kier molecular flexibility index (Phi) is 3.95. The summed E-state index contributed by atoms with van der Waals surface area (Å²) in [7, 11) is 0. The number of rotatable bonds is 3. The molecule has 1 heterocycles. The lowest BCUT2D eigenvalue weighted by molar-refractivity contribution is 0.506. The van der Waals surface area contributed by atoms with Crippen molar-refractivity contribution in [3.8, 4) is 0 Å². The van der Waals surface area contributed by atoms with E-state index in [1.807, 2.05) is 0 Å². The number of halogens is 3. The molecule has 0 radical (unpaired) electrons. The SMILES string of the molecule is NNC(c1ccnnc1)c1c(F)ccc(Br)c1F. The zero-order valence-electron chi connectivity index (χ0n) is 9.07. The first-order valence-electron chi connectivity index (χ1n) is 5.01. The van der Waals surface area contributed by atoms with E-state index in [1.54, 1.807) is 6.07 Å². The second-order valence-electron chi connectivity index (χ2n) is 3.53. The smallest absolute Gasteiger partial charge is 0.145 e. The van der Waals surface area contributed by atoms with Crippen LogP contribution in [0.25, 0.3) is 0 Å². The number of hydrazine groups is 1. The Morgan fingerprint density at radius 3 is 2.61 bits per heavy atom. The van der Waals surface area contributed by atoms with Crippen molar-refractivity contribution in [2.45, 2.75) is 6.04 Å². The van der Waals surface area contributed by atoms with Crippen LogP contribution in [-0.4, -0.2) is 10.2 Å². The third-order valence-electron chi connectivity index (χ3n) is 2.48. The second-order valence-corrected chi connectivity index (χ2v) is 4.39. The summed E-state index contributed by atoms with van der Waals surface area (Å²) in [6, 6.07) is 3.21. The van der Waals surface area contributed by atoms with Gasteiger partial charge in [-0.1, -0.05) is 0 Å². The van der Waals surface area contributed by atoms with E-state index in [9.17, 15) is 8.78 Å². The number of nitrogens with zero attached hydrogens (tertiary/aromatic N) is 2. The molecule has 3 N–H and O–H groups in total. The second kappa shape index (κ2) is 5.47. The molecule has 0 aliphatic carbocycles. The number of nitrogens with one attached hydrogen (secondary N) is 1. The van der Waals surface area contributed by atoms with Crippen molar-refractivity contribution >= 4 is 15.9 Å². The zero-order chi connectivity index (χ0) is 13.1. The van der Waals surface area contributed by atoms with Gasteiger partial charge in [-0.15, -0.1) is 0 Å². The molecule has 0 saturated heterocycles. The van der Waals surface area contributed by atoms with E-state index >= 15 is 0 Å². The van der Waals surface area contributed by atoms with Gasteiger partial charge in [-0.05, 0) is 39.7 Å². The van der Waals surface area contributed by atoms with Gasteiger partial charge in [-0.3, -0.25) is 5.84 Å². The highest BCUT2D eigenvalue weighted by Gasteiger charge is 2.22. The van der Waals surface area contributed by atoms with Crippen molar-refractivity contribution in [2.75, 3.05) is 0 Å². The van der Waals surface area contributed by atoms with Gasteiger partial charge in [0.05, 0.1) is 16.7 Å². The summed E-state index contributed by atoms with van der Waals surface area (Å²) < 4.78 is 27.9. The molecular weight excluding hydrogens is 306 g/mol. The van der Waals surface area contributed by atoms with Crippen LogP contribution in [0.1, 0.15) is 17.2 Å². The van der Waals surface area contributed by atoms with Gasteiger partial charge in [0, 0.05) is 11.8 Å². The molecular formula is C11H9BrF2N4. The van der Waals surface area contributed by atoms with Crippen molar-refractivity contribution in [2.24, 2.45) is 5.84 Å². The van der Waals surface area contributed by atoms with Gasteiger partial charge in [0.2, 0.25) is 0 Å². The summed E-state index contributed by atoms with van der Waals surface area (Å²) in [5, 5.41) is 7.26. The van der Waals surface area contributed by atoms with Gasteiger partial charge in [-0.25, -0.2) is 14.2 Å². The molecule has 2 aromatic rings. The maximum absolute atomic E-state index is 14.0. The van der Waals surface area contributed by atoms with Crippen LogP contribution in [0.2, 0.25) is 0 Å². The molecule has 0 amide bonds. The molecule has 1 aromatic heterocycles. The van der Waals surface area contributed by atoms with Crippen molar-refractivity contribution in [1.82, 2.24) is 15.6 Å². The fraction of sp³-hybridized carbons (Fsp3) is 0.0909. The Labute approximate surface area is 110 Å². The molecule has 0 aliphatic rings. The molecule has 0 saturated carbocycles. The van der Waals surface area contributed by atoms with Gasteiger partial charge in [0.1, 0.15) is 11.6 Å².